The summed E-state index contributed by atoms with van der Waals surface area (Å²) in [4.78, 5) is 20.8. The van der Waals surface area contributed by atoms with Crippen LogP contribution in [0.5, 0.6) is 0 Å². The highest BCUT2D eigenvalue weighted by Gasteiger charge is 2.24. The summed E-state index contributed by atoms with van der Waals surface area (Å²) in [6, 6.07) is 0. The lowest BCUT2D eigenvalue weighted by molar-refractivity contribution is -0.143. The normalized spacial score (nSPS) is 23.0. The minimum Gasteiger partial charge on any atom is -0.462 e. The molecule has 1 unspecified atom stereocenters. The van der Waals surface area contributed by atoms with Crippen molar-refractivity contribution in [2.24, 2.45) is 0 Å². The van der Waals surface area contributed by atoms with Crippen molar-refractivity contribution in [3.05, 3.63) is 0 Å². The molecule has 62 valence electrons. The highest BCUT2D eigenvalue weighted by Crippen LogP contribution is 2.19. The first-order valence-corrected chi connectivity index (χ1v) is 4.14. The maximum Gasteiger partial charge on any atom is 0.367 e. The van der Waals surface area contributed by atoms with Crippen molar-refractivity contribution in [1.29, 1.82) is 0 Å². The van der Waals surface area contributed by atoms with E-state index in [4.69, 9.17) is 4.74 Å². The number of esters is 1. The second-order valence-electron chi connectivity index (χ2n) is 2.10. The molecule has 4 nitrogen and oxygen atoms in total. The fraction of sp³-hybridized carbons (Fsp3) is 0.667. The second-order valence-corrected chi connectivity index (χ2v) is 3.06. The Labute approximate surface area is 68.2 Å². The third kappa shape index (κ3) is 2.80. The predicted octanol–water partition coefficient (Wildman–Crippen LogP) is 0.801. The zero-order valence-corrected chi connectivity index (χ0v) is 6.85. The topological polar surface area (TPSA) is 52.6 Å². The van der Waals surface area contributed by atoms with E-state index in [-0.39, 0.29) is 24.0 Å². The lowest BCUT2D eigenvalue weighted by atomic mass is 10.4. The summed E-state index contributed by atoms with van der Waals surface area (Å²) in [5, 5.41) is -0.290. The van der Waals surface area contributed by atoms with Crippen molar-refractivity contribution in [1.82, 2.24) is 0 Å². The Hall–Kier alpha value is -0.710. The molecule has 1 aliphatic heterocycles. The number of ether oxygens (including phenoxy) is 2. The maximum atomic E-state index is 10.5. The molecule has 0 radical (unpaired) electrons. The first-order valence-electron chi connectivity index (χ1n) is 3.15. The molecule has 1 aliphatic rings. The van der Waals surface area contributed by atoms with Crippen LogP contribution in [0.4, 0.5) is 4.79 Å². The number of carbonyl (C=O) groups excluding carboxylic acids is 2. The third-order valence-electron chi connectivity index (χ3n) is 1.12. The molecule has 0 amide bonds. The highest BCUT2D eigenvalue weighted by atomic mass is 32.2. The fourth-order valence-corrected chi connectivity index (χ4v) is 1.35. The minimum atomic E-state index is -0.349. The van der Waals surface area contributed by atoms with E-state index in [1.807, 2.05) is 0 Å². The minimum absolute atomic E-state index is 0.175. The molecule has 0 aromatic rings. The molecular formula is C6H8O4S. The summed E-state index contributed by atoms with van der Waals surface area (Å²) in [7, 11) is 0. The Balaban J connectivity index is 2.18. The van der Waals surface area contributed by atoms with Crippen molar-refractivity contribution >= 4 is 23.0 Å². The van der Waals surface area contributed by atoms with Gasteiger partial charge in [0.2, 0.25) is 0 Å². The standard InChI is InChI=1S/C6H8O4S/c1-4(7)9-2-5-3-11-6(8)10-5/h5H,2-3H2,1H3. The zero-order chi connectivity index (χ0) is 8.27. The monoisotopic (exact) mass is 176 g/mol. The Morgan fingerprint density at radius 3 is 3.09 bits per heavy atom. The Morgan fingerprint density at radius 2 is 2.64 bits per heavy atom. The summed E-state index contributed by atoms with van der Waals surface area (Å²) >= 11 is 1.10. The van der Waals surface area contributed by atoms with Crippen LogP contribution in [0, 0.1) is 0 Å². The van der Waals surface area contributed by atoms with E-state index in [1.54, 1.807) is 0 Å². The Morgan fingerprint density at radius 1 is 1.91 bits per heavy atom. The predicted molar refractivity (Wildman–Crippen MR) is 39.4 cm³/mol. The van der Waals surface area contributed by atoms with Gasteiger partial charge in [0.1, 0.15) is 12.7 Å². The summed E-state index contributed by atoms with van der Waals surface area (Å²) in [6.07, 6.45) is -0.253. The van der Waals surface area contributed by atoms with Gasteiger partial charge in [0, 0.05) is 12.7 Å². The van der Waals surface area contributed by atoms with Crippen molar-refractivity contribution < 1.29 is 19.1 Å². The highest BCUT2D eigenvalue weighted by molar-refractivity contribution is 8.13. The first-order chi connectivity index (χ1) is 5.18. The van der Waals surface area contributed by atoms with Crippen LogP contribution < -0.4 is 0 Å². The second kappa shape index (κ2) is 3.61. The summed E-state index contributed by atoms with van der Waals surface area (Å²) < 4.78 is 9.40. The number of cyclic esters (lactones) is 1. The number of thioether (sulfide) groups is 1. The van der Waals surface area contributed by atoms with Gasteiger partial charge in [-0.15, -0.1) is 0 Å². The van der Waals surface area contributed by atoms with Gasteiger partial charge in [-0.05, 0) is 11.8 Å². The van der Waals surface area contributed by atoms with Gasteiger partial charge in [0.25, 0.3) is 0 Å². The molecule has 1 heterocycles. The summed E-state index contributed by atoms with van der Waals surface area (Å²) in [5.74, 6) is 0.226. The largest absolute Gasteiger partial charge is 0.462 e. The van der Waals surface area contributed by atoms with E-state index in [1.165, 1.54) is 6.92 Å². The zero-order valence-electron chi connectivity index (χ0n) is 6.03. The van der Waals surface area contributed by atoms with Crippen LogP contribution in [-0.4, -0.2) is 29.7 Å². The molecule has 1 saturated heterocycles. The molecule has 0 aromatic heterocycles. The summed E-state index contributed by atoms with van der Waals surface area (Å²) in [5.41, 5.74) is 0. The van der Waals surface area contributed by atoms with Crippen LogP contribution in [0.2, 0.25) is 0 Å². The van der Waals surface area contributed by atoms with Crippen LogP contribution in [0.3, 0.4) is 0 Å². The molecule has 1 atom stereocenters. The number of carbonyl (C=O) groups is 2. The lowest BCUT2D eigenvalue weighted by Crippen LogP contribution is -2.19. The van der Waals surface area contributed by atoms with Crippen LogP contribution >= 0.6 is 11.8 Å². The third-order valence-corrected chi connectivity index (χ3v) is 1.99. The average molecular weight is 176 g/mol. The molecule has 0 N–H and O–H groups in total. The summed E-state index contributed by atoms with van der Waals surface area (Å²) in [6.45, 7) is 1.50. The van der Waals surface area contributed by atoms with Gasteiger partial charge in [-0.1, -0.05) is 0 Å². The first kappa shape index (κ1) is 8.39. The fourth-order valence-electron chi connectivity index (χ4n) is 0.658. The molecular weight excluding hydrogens is 168 g/mol. The van der Waals surface area contributed by atoms with Gasteiger partial charge in [0.05, 0.1) is 0 Å². The van der Waals surface area contributed by atoms with Crippen LogP contribution in [0.25, 0.3) is 0 Å². The maximum absolute atomic E-state index is 10.5. The number of hydrogen-bond donors (Lipinski definition) is 0. The van der Waals surface area contributed by atoms with Gasteiger partial charge >= 0.3 is 11.3 Å². The van der Waals surface area contributed by atoms with Crippen molar-refractivity contribution in [2.45, 2.75) is 13.0 Å². The van der Waals surface area contributed by atoms with Gasteiger partial charge in [-0.3, -0.25) is 4.79 Å². The van der Waals surface area contributed by atoms with E-state index in [0.717, 1.165) is 11.8 Å². The average Bonchev–Trinajstić information content (AvgIpc) is 2.31. The van der Waals surface area contributed by atoms with E-state index in [2.05, 4.69) is 4.74 Å². The lowest BCUT2D eigenvalue weighted by Gasteiger charge is -2.06. The Bertz CT molecular complexity index is 179. The van der Waals surface area contributed by atoms with E-state index >= 15 is 0 Å². The van der Waals surface area contributed by atoms with Gasteiger partial charge < -0.3 is 9.47 Å². The molecule has 0 saturated carbocycles. The molecule has 5 heteroatoms. The van der Waals surface area contributed by atoms with E-state index in [0.29, 0.717) is 5.75 Å². The van der Waals surface area contributed by atoms with Crippen molar-refractivity contribution in [3.8, 4) is 0 Å². The molecule has 11 heavy (non-hydrogen) atoms. The van der Waals surface area contributed by atoms with Crippen molar-refractivity contribution in [3.63, 3.8) is 0 Å². The molecule has 0 aliphatic carbocycles. The quantitative estimate of drug-likeness (QED) is 0.582. The number of rotatable bonds is 2. The van der Waals surface area contributed by atoms with Crippen LogP contribution in [-0.2, 0) is 14.3 Å². The van der Waals surface area contributed by atoms with Gasteiger partial charge in [-0.2, -0.15) is 0 Å². The SMILES string of the molecule is CC(=O)OCC1CSC(=O)O1. The molecule has 0 bridgehead atoms. The van der Waals surface area contributed by atoms with Crippen molar-refractivity contribution in [2.75, 3.05) is 12.4 Å². The molecule has 0 spiro atoms. The molecule has 1 fully saturated rings. The molecule has 1 rings (SSSR count). The Kier molecular flexibility index (Phi) is 2.76. The number of hydrogen-bond acceptors (Lipinski definition) is 5. The van der Waals surface area contributed by atoms with Crippen LogP contribution in [0.15, 0.2) is 0 Å². The smallest absolute Gasteiger partial charge is 0.367 e. The van der Waals surface area contributed by atoms with Gasteiger partial charge in [-0.25, -0.2) is 4.79 Å². The van der Waals surface area contributed by atoms with E-state index < -0.39 is 0 Å². The van der Waals surface area contributed by atoms with Crippen LogP contribution in [0.1, 0.15) is 6.92 Å². The van der Waals surface area contributed by atoms with Gasteiger partial charge in [0.15, 0.2) is 0 Å². The van der Waals surface area contributed by atoms with E-state index in [9.17, 15) is 9.59 Å². The molecule has 0 aromatic carbocycles.